The molecule has 2 N–H and O–H groups in total. The van der Waals surface area contributed by atoms with Crippen LogP contribution in [0.15, 0.2) is 42.5 Å². The molecule has 1 heterocycles. The van der Waals surface area contributed by atoms with Crippen LogP contribution < -0.4 is 10.4 Å². The van der Waals surface area contributed by atoms with E-state index in [0.29, 0.717) is 21.4 Å². The minimum absolute atomic E-state index is 0.0717. The number of aliphatic hydroxyl groups is 1. The molecule has 0 amide bonds. The standard InChI is InChI=1S/C20H23Cl2N3O2/c1-2-3-10-24-17-6-4-5-7-18(17)25(20(24)23)12-15(26)13-27-19-9-8-14(21)11-16(19)22/h4-9,11,15,23,26H,2-3,10,12-13H2,1H3/t15-/m1/s1. The molecule has 0 saturated carbocycles. The van der Waals surface area contributed by atoms with Gasteiger partial charge in [-0.15, -0.1) is 0 Å². The van der Waals surface area contributed by atoms with Crippen LogP contribution in [-0.2, 0) is 13.1 Å². The van der Waals surface area contributed by atoms with E-state index in [1.54, 1.807) is 18.2 Å². The molecule has 0 aliphatic heterocycles. The summed E-state index contributed by atoms with van der Waals surface area (Å²) < 4.78 is 9.44. The Hall–Kier alpha value is -1.95. The average molecular weight is 408 g/mol. The molecule has 144 valence electrons. The van der Waals surface area contributed by atoms with Crippen molar-refractivity contribution in [1.29, 1.82) is 5.41 Å². The normalized spacial score (nSPS) is 12.4. The summed E-state index contributed by atoms with van der Waals surface area (Å²) in [5, 5.41) is 19.9. The first-order chi connectivity index (χ1) is 13.0. The number of rotatable bonds is 8. The maximum Gasteiger partial charge on any atom is 0.203 e. The smallest absolute Gasteiger partial charge is 0.203 e. The Kier molecular flexibility index (Phi) is 6.47. The van der Waals surface area contributed by atoms with E-state index in [2.05, 4.69) is 6.92 Å². The lowest BCUT2D eigenvalue weighted by atomic mass is 10.3. The first kappa shape index (κ1) is 19.8. The minimum Gasteiger partial charge on any atom is -0.489 e. The van der Waals surface area contributed by atoms with Gasteiger partial charge in [0.2, 0.25) is 5.62 Å². The number of imidazole rings is 1. The Labute approximate surface area is 168 Å². The van der Waals surface area contributed by atoms with E-state index < -0.39 is 6.10 Å². The summed E-state index contributed by atoms with van der Waals surface area (Å²) in [7, 11) is 0. The molecule has 1 atom stereocenters. The van der Waals surface area contributed by atoms with Crippen LogP contribution in [0.25, 0.3) is 11.0 Å². The Bertz CT molecular complexity index is 981. The number of nitrogens with one attached hydrogen (secondary N) is 1. The number of fused-ring (bicyclic) bond motifs is 1. The van der Waals surface area contributed by atoms with Crippen LogP contribution in [0.4, 0.5) is 0 Å². The zero-order chi connectivity index (χ0) is 19.4. The number of aliphatic hydroxyl groups excluding tert-OH is 1. The molecule has 0 radical (unpaired) electrons. The largest absolute Gasteiger partial charge is 0.489 e. The van der Waals surface area contributed by atoms with Crippen molar-refractivity contribution in [2.75, 3.05) is 6.61 Å². The number of nitrogens with zero attached hydrogens (tertiary/aromatic N) is 2. The zero-order valence-electron chi connectivity index (χ0n) is 15.2. The molecule has 0 aliphatic carbocycles. The molecule has 3 aromatic rings. The van der Waals surface area contributed by atoms with Gasteiger partial charge >= 0.3 is 0 Å². The summed E-state index contributed by atoms with van der Waals surface area (Å²) in [6.45, 7) is 3.26. The number of para-hydroxylation sites is 2. The van der Waals surface area contributed by atoms with Gasteiger partial charge in [-0.05, 0) is 36.8 Å². The Morgan fingerprint density at radius 2 is 1.81 bits per heavy atom. The van der Waals surface area contributed by atoms with Crippen molar-refractivity contribution >= 4 is 34.2 Å². The monoisotopic (exact) mass is 407 g/mol. The summed E-state index contributed by atoms with van der Waals surface area (Å²) in [6, 6.07) is 12.9. The number of unbranched alkanes of at least 4 members (excludes halogenated alkanes) is 1. The fraction of sp³-hybridized carbons (Fsp3) is 0.350. The Morgan fingerprint density at radius 1 is 1.11 bits per heavy atom. The van der Waals surface area contributed by atoms with Gasteiger partial charge in [0.05, 0.1) is 22.6 Å². The van der Waals surface area contributed by atoms with Gasteiger partial charge in [-0.1, -0.05) is 48.7 Å². The minimum atomic E-state index is -0.781. The zero-order valence-corrected chi connectivity index (χ0v) is 16.7. The molecule has 0 fully saturated rings. The first-order valence-electron chi connectivity index (χ1n) is 8.99. The van der Waals surface area contributed by atoms with Gasteiger partial charge in [0, 0.05) is 11.6 Å². The third kappa shape index (κ3) is 4.49. The second-order valence-electron chi connectivity index (χ2n) is 6.47. The number of hydrogen-bond donors (Lipinski definition) is 2. The van der Waals surface area contributed by atoms with Crippen LogP contribution in [0.2, 0.25) is 10.0 Å². The van der Waals surface area contributed by atoms with E-state index in [9.17, 15) is 5.11 Å². The quantitative estimate of drug-likeness (QED) is 0.578. The SMILES string of the molecule is CCCCn1c(=N)n(C[C@@H](O)COc2ccc(Cl)cc2Cl)c2ccccc21. The Balaban J connectivity index is 1.77. The number of aromatic nitrogens is 2. The highest BCUT2D eigenvalue weighted by Gasteiger charge is 2.15. The lowest BCUT2D eigenvalue weighted by molar-refractivity contribution is 0.0921. The number of hydrogen-bond acceptors (Lipinski definition) is 3. The van der Waals surface area contributed by atoms with E-state index in [1.807, 2.05) is 33.4 Å². The summed E-state index contributed by atoms with van der Waals surface area (Å²) in [4.78, 5) is 0. The second kappa shape index (κ2) is 8.83. The third-order valence-corrected chi connectivity index (χ3v) is 4.96. The van der Waals surface area contributed by atoms with Gasteiger partial charge in [-0.3, -0.25) is 5.41 Å². The molecular weight excluding hydrogens is 385 g/mol. The van der Waals surface area contributed by atoms with Gasteiger partial charge < -0.3 is 19.0 Å². The highest BCUT2D eigenvalue weighted by atomic mass is 35.5. The van der Waals surface area contributed by atoms with E-state index in [4.69, 9.17) is 33.3 Å². The highest BCUT2D eigenvalue weighted by molar-refractivity contribution is 6.35. The number of benzene rings is 2. The summed E-state index contributed by atoms with van der Waals surface area (Å²) >= 11 is 12.0. The van der Waals surface area contributed by atoms with Crippen molar-refractivity contribution in [1.82, 2.24) is 9.13 Å². The van der Waals surface area contributed by atoms with Crippen molar-refractivity contribution in [2.24, 2.45) is 0 Å². The maximum absolute atomic E-state index is 10.5. The molecular formula is C20H23Cl2N3O2. The molecule has 7 heteroatoms. The van der Waals surface area contributed by atoms with Crippen LogP contribution in [0.5, 0.6) is 5.75 Å². The van der Waals surface area contributed by atoms with Crippen molar-refractivity contribution in [3.63, 3.8) is 0 Å². The van der Waals surface area contributed by atoms with Crippen molar-refractivity contribution in [3.05, 3.63) is 58.1 Å². The molecule has 1 aromatic heterocycles. The number of aryl methyl sites for hydroxylation is 1. The fourth-order valence-electron chi connectivity index (χ4n) is 3.06. The molecule has 3 rings (SSSR count). The maximum atomic E-state index is 10.5. The number of halogens is 2. The molecule has 2 aromatic carbocycles. The Morgan fingerprint density at radius 3 is 2.48 bits per heavy atom. The molecule has 0 saturated heterocycles. The average Bonchev–Trinajstić information content (AvgIpc) is 2.91. The van der Waals surface area contributed by atoms with Gasteiger partial charge in [-0.2, -0.15) is 0 Å². The third-order valence-electron chi connectivity index (χ3n) is 4.43. The lowest BCUT2D eigenvalue weighted by Crippen LogP contribution is -2.31. The van der Waals surface area contributed by atoms with Gasteiger partial charge in [0.25, 0.3) is 0 Å². The van der Waals surface area contributed by atoms with E-state index in [0.717, 1.165) is 30.4 Å². The molecule has 0 bridgehead atoms. The van der Waals surface area contributed by atoms with E-state index in [1.165, 1.54) is 0 Å². The van der Waals surface area contributed by atoms with Crippen LogP contribution in [0.1, 0.15) is 19.8 Å². The summed E-state index contributed by atoms with van der Waals surface area (Å²) in [6.07, 6.45) is 1.28. The van der Waals surface area contributed by atoms with Crippen LogP contribution >= 0.6 is 23.2 Å². The van der Waals surface area contributed by atoms with Crippen LogP contribution in [0.3, 0.4) is 0 Å². The van der Waals surface area contributed by atoms with E-state index >= 15 is 0 Å². The molecule has 0 spiro atoms. The van der Waals surface area contributed by atoms with Crippen molar-refractivity contribution < 1.29 is 9.84 Å². The topological polar surface area (TPSA) is 63.2 Å². The molecule has 0 unspecified atom stereocenters. The van der Waals surface area contributed by atoms with Gasteiger partial charge in [-0.25, -0.2) is 0 Å². The fourth-order valence-corrected chi connectivity index (χ4v) is 3.53. The lowest BCUT2D eigenvalue weighted by Gasteiger charge is -2.14. The summed E-state index contributed by atoms with van der Waals surface area (Å²) in [5.41, 5.74) is 2.32. The molecule has 0 aliphatic rings. The summed E-state index contributed by atoms with van der Waals surface area (Å²) in [5.74, 6) is 0.474. The highest BCUT2D eigenvalue weighted by Crippen LogP contribution is 2.27. The van der Waals surface area contributed by atoms with E-state index in [-0.39, 0.29) is 13.2 Å². The number of ether oxygens (including phenoxy) is 1. The predicted octanol–water partition coefficient (Wildman–Crippen LogP) is 4.47. The molecule has 27 heavy (non-hydrogen) atoms. The predicted molar refractivity (Wildman–Crippen MR) is 109 cm³/mol. The van der Waals surface area contributed by atoms with Crippen LogP contribution in [0, 0.1) is 5.41 Å². The van der Waals surface area contributed by atoms with Gasteiger partial charge in [0.1, 0.15) is 18.5 Å². The molecule has 5 nitrogen and oxygen atoms in total. The first-order valence-corrected chi connectivity index (χ1v) is 9.75. The van der Waals surface area contributed by atoms with Crippen molar-refractivity contribution in [3.8, 4) is 5.75 Å². The van der Waals surface area contributed by atoms with Crippen LogP contribution in [-0.4, -0.2) is 27.0 Å². The van der Waals surface area contributed by atoms with Crippen molar-refractivity contribution in [2.45, 2.75) is 39.0 Å². The van der Waals surface area contributed by atoms with Gasteiger partial charge in [0.15, 0.2) is 0 Å². The second-order valence-corrected chi connectivity index (χ2v) is 7.31.